The number of rotatable bonds is 5. The number of fused-ring (bicyclic) bond motifs is 5. The predicted octanol–water partition coefficient (Wildman–Crippen LogP) is 4.42. The van der Waals surface area contributed by atoms with Crippen molar-refractivity contribution < 1.29 is 18.3 Å². The zero-order chi connectivity index (χ0) is 29.2. The lowest BCUT2D eigenvalue weighted by Crippen LogP contribution is -2.42. The van der Waals surface area contributed by atoms with Crippen LogP contribution in [-0.4, -0.2) is 72.6 Å². The van der Waals surface area contributed by atoms with Crippen LogP contribution in [0.2, 0.25) is 0 Å². The van der Waals surface area contributed by atoms with Gasteiger partial charge in [-0.2, -0.15) is 0 Å². The number of likely N-dealkylation sites (tertiary alicyclic amines) is 1. The van der Waals surface area contributed by atoms with Crippen molar-refractivity contribution in [3.63, 3.8) is 0 Å². The van der Waals surface area contributed by atoms with Crippen LogP contribution in [0.25, 0.3) is 49.1 Å². The van der Waals surface area contributed by atoms with Gasteiger partial charge in [0, 0.05) is 43.1 Å². The fraction of sp³-hybridized carbons (Fsp3) is 0.303. The predicted molar refractivity (Wildman–Crippen MR) is 164 cm³/mol. The number of nitrogens with zero attached hydrogens (tertiary/aromatic N) is 3. The highest BCUT2D eigenvalue weighted by Crippen LogP contribution is 2.36. The Morgan fingerprint density at radius 2 is 1.65 bits per heavy atom. The Hall–Kier alpha value is -4.54. The fourth-order valence-corrected chi connectivity index (χ4v) is 6.73. The van der Waals surface area contributed by atoms with Crippen LogP contribution in [0, 0.1) is 5.82 Å². The number of nitrogens with one attached hydrogen (secondary N) is 1. The Kier molecular flexibility index (Phi) is 6.09. The summed E-state index contributed by atoms with van der Waals surface area (Å²) in [5.74, 6) is -1.07. The summed E-state index contributed by atoms with van der Waals surface area (Å²) in [6.07, 6.45) is 3.84. The van der Waals surface area contributed by atoms with Gasteiger partial charge in [0.2, 0.25) is 5.43 Å². The summed E-state index contributed by atoms with van der Waals surface area (Å²) in [6.45, 7) is 4.75. The molecule has 9 nitrogen and oxygen atoms in total. The normalized spacial score (nSPS) is 16.4. The van der Waals surface area contributed by atoms with Gasteiger partial charge in [-0.3, -0.25) is 14.4 Å². The number of aromatic nitrogens is 1. The zero-order valence-electron chi connectivity index (χ0n) is 23.5. The van der Waals surface area contributed by atoms with Crippen LogP contribution in [0.3, 0.4) is 0 Å². The number of anilines is 1. The van der Waals surface area contributed by atoms with Crippen molar-refractivity contribution in [1.29, 1.82) is 0 Å². The minimum absolute atomic E-state index is 0.0549. The summed E-state index contributed by atoms with van der Waals surface area (Å²) >= 11 is 0. The molecule has 0 aliphatic carbocycles. The Bertz CT molecular complexity index is 2190. The number of benzene rings is 3. The molecule has 2 fully saturated rings. The van der Waals surface area contributed by atoms with Gasteiger partial charge in [-0.15, -0.1) is 0 Å². The second kappa shape index (κ2) is 10.0. The zero-order valence-corrected chi connectivity index (χ0v) is 23.5. The number of hydrogen-bond acceptors (Lipinski definition) is 7. The highest BCUT2D eigenvalue weighted by atomic mass is 19.1. The van der Waals surface area contributed by atoms with Gasteiger partial charge in [0.25, 0.3) is 5.91 Å². The maximum absolute atomic E-state index is 15.9. The highest BCUT2D eigenvalue weighted by molar-refractivity contribution is 6.15. The quantitative estimate of drug-likeness (QED) is 0.238. The van der Waals surface area contributed by atoms with E-state index in [9.17, 15) is 14.4 Å². The van der Waals surface area contributed by atoms with Crippen LogP contribution in [0.15, 0.2) is 62.7 Å². The van der Waals surface area contributed by atoms with Gasteiger partial charge in [-0.05, 0) is 54.9 Å². The van der Waals surface area contributed by atoms with Crippen molar-refractivity contribution >= 4 is 60.7 Å². The van der Waals surface area contributed by atoms with Crippen molar-refractivity contribution in [2.24, 2.45) is 0 Å². The highest BCUT2D eigenvalue weighted by Gasteiger charge is 2.27. The first-order valence-electron chi connectivity index (χ1n) is 14.7. The third kappa shape index (κ3) is 4.08. The van der Waals surface area contributed by atoms with E-state index >= 15 is 4.39 Å². The molecule has 6 aromatic rings. The molecule has 218 valence electrons. The molecule has 4 heterocycles. The van der Waals surface area contributed by atoms with E-state index < -0.39 is 17.2 Å². The number of carbonyl (C=O) groups excluding carboxylic acids is 1. The van der Waals surface area contributed by atoms with E-state index in [0.29, 0.717) is 60.2 Å². The Balaban J connectivity index is 1.41. The topological polar surface area (TPSA) is 96.5 Å². The van der Waals surface area contributed by atoms with Crippen LogP contribution < -0.4 is 16.2 Å². The number of halogens is 1. The van der Waals surface area contributed by atoms with Crippen LogP contribution >= 0.6 is 0 Å². The molecule has 0 bridgehead atoms. The van der Waals surface area contributed by atoms with Gasteiger partial charge in [-0.25, -0.2) is 4.39 Å². The second-order valence-electron chi connectivity index (χ2n) is 11.4. The SMILES string of the molecule is O=C(c1cn2c3cc4c(cc3oc3c(NCCN5CCCC5)c(F)cc(c1=O)c32)c(=O)c1ccccc14)N1CCOCC1. The largest absolute Gasteiger partial charge is 0.451 e. The second-order valence-corrected chi connectivity index (χ2v) is 11.4. The number of hydrogen-bond donors (Lipinski definition) is 1. The van der Waals surface area contributed by atoms with E-state index in [1.807, 2.05) is 24.3 Å². The van der Waals surface area contributed by atoms with Gasteiger partial charge in [-0.1, -0.05) is 24.3 Å². The fourth-order valence-electron chi connectivity index (χ4n) is 6.73. The lowest BCUT2D eigenvalue weighted by Gasteiger charge is -2.27. The Labute approximate surface area is 244 Å². The molecular formula is C33H29FN4O5. The summed E-state index contributed by atoms with van der Waals surface area (Å²) in [5.41, 5.74) is 0.862. The number of pyridine rings is 1. The Morgan fingerprint density at radius 1 is 0.884 bits per heavy atom. The number of morpholine rings is 1. The third-order valence-corrected chi connectivity index (χ3v) is 8.93. The molecule has 4 aromatic carbocycles. The first kappa shape index (κ1) is 26.1. The van der Waals surface area contributed by atoms with Crippen molar-refractivity contribution in [3.8, 4) is 0 Å². The monoisotopic (exact) mass is 580 g/mol. The van der Waals surface area contributed by atoms with E-state index in [4.69, 9.17) is 9.15 Å². The number of carbonyl (C=O) groups is 1. The summed E-state index contributed by atoms with van der Waals surface area (Å²) in [6, 6.07) is 12.1. The molecule has 10 heteroatoms. The third-order valence-electron chi connectivity index (χ3n) is 8.93. The molecule has 2 aromatic heterocycles. The standard InChI is InChI=1S/C33H29FN4O5/c34-25-15-23-29-32(28(25)35-7-10-36-8-3-4-9-36)43-27-17-22-21(19-5-1-2-6-20(19)30(22)39)16-26(27)38(29)18-24(31(23)40)33(41)37-11-13-42-14-12-37/h1-2,5-6,15-18,35H,3-4,7-14H2. The lowest BCUT2D eigenvalue weighted by atomic mass is 10.1. The van der Waals surface area contributed by atoms with Gasteiger partial charge in [0.1, 0.15) is 16.8 Å². The molecule has 0 radical (unpaired) electrons. The van der Waals surface area contributed by atoms with Crippen molar-refractivity contribution in [1.82, 2.24) is 14.2 Å². The average Bonchev–Trinajstić information content (AvgIpc) is 3.65. The smallest absolute Gasteiger partial charge is 0.259 e. The minimum atomic E-state index is -0.642. The Morgan fingerprint density at radius 3 is 2.44 bits per heavy atom. The molecule has 8 rings (SSSR count). The summed E-state index contributed by atoms with van der Waals surface area (Å²) in [5, 5.41) is 5.91. The number of ether oxygens (including phenoxy) is 1. The maximum atomic E-state index is 15.9. The van der Waals surface area contributed by atoms with E-state index in [0.717, 1.165) is 43.2 Å². The molecule has 43 heavy (non-hydrogen) atoms. The summed E-state index contributed by atoms with van der Waals surface area (Å²) in [7, 11) is 0. The van der Waals surface area contributed by atoms with E-state index in [1.54, 1.807) is 21.4 Å². The molecule has 2 saturated heterocycles. The van der Waals surface area contributed by atoms with Crippen LogP contribution in [0.1, 0.15) is 23.2 Å². The molecule has 0 unspecified atom stereocenters. The summed E-state index contributed by atoms with van der Waals surface area (Å²) < 4.78 is 29.4. The number of amides is 1. The van der Waals surface area contributed by atoms with Gasteiger partial charge in [0.15, 0.2) is 22.4 Å². The molecule has 2 aliphatic heterocycles. The maximum Gasteiger partial charge on any atom is 0.259 e. The first-order valence-corrected chi connectivity index (χ1v) is 14.7. The van der Waals surface area contributed by atoms with Crippen molar-refractivity contribution in [2.75, 3.05) is 57.8 Å². The average molecular weight is 581 g/mol. The van der Waals surface area contributed by atoms with Crippen LogP contribution in [0.4, 0.5) is 10.1 Å². The first-order chi connectivity index (χ1) is 21.0. The molecule has 2 aliphatic rings. The summed E-state index contributed by atoms with van der Waals surface area (Å²) in [4.78, 5) is 44.7. The van der Waals surface area contributed by atoms with Gasteiger partial charge >= 0.3 is 0 Å². The van der Waals surface area contributed by atoms with Crippen LogP contribution in [0.5, 0.6) is 0 Å². The van der Waals surface area contributed by atoms with Gasteiger partial charge < -0.3 is 28.7 Å². The van der Waals surface area contributed by atoms with E-state index in [2.05, 4.69) is 10.2 Å². The van der Waals surface area contributed by atoms with Gasteiger partial charge in [0.05, 0.1) is 24.1 Å². The molecule has 0 spiro atoms. The molecule has 1 amide bonds. The van der Waals surface area contributed by atoms with Crippen molar-refractivity contribution in [2.45, 2.75) is 12.8 Å². The van der Waals surface area contributed by atoms with E-state index in [-0.39, 0.29) is 27.6 Å². The van der Waals surface area contributed by atoms with Crippen LogP contribution in [-0.2, 0) is 4.74 Å². The molecule has 1 N–H and O–H groups in total. The minimum Gasteiger partial charge on any atom is -0.451 e. The molecule has 0 atom stereocenters. The molecular weight excluding hydrogens is 551 g/mol. The lowest BCUT2D eigenvalue weighted by molar-refractivity contribution is 0.0302. The van der Waals surface area contributed by atoms with E-state index in [1.165, 1.54) is 12.3 Å². The van der Waals surface area contributed by atoms with Crippen molar-refractivity contribution in [3.05, 3.63) is 80.5 Å². The molecule has 0 saturated carbocycles.